The summed E-state index contributed by atoms with van der Waals surface area (Å²) in [4.78, 5) is 24.8. The van der Waals surface area contributed by atoms with Crippen LogP contribution >= 0.6 is 0 Å². The molecule has 1 amide bonds. The van der Waals surface area contributed by atoms with Crippen molar-refractivity contribution < 1.29 is 18.8 Å². The number of rotatable bonds is 6. The molecule has 0 aliphatic heterocycles. The number of methoxy groups -OCH3 is 1. The number of hydrogen-bond acceptors (Lipinski definition) is 8. The van der Waals surface area contributed by atoms with Gasteiger partial charge in [0, 0.05) is 30.1 Å². The van der Waals surface area contributed by atoms with E-state index in [0.29, 0.717) is 17.5 Å². The fourth-order valence-corrected chi connectivity index (χ4v) is 3.27. The first-order valence-electron chi connectivity index (χ1n) is 9.42. The van der Waals surface area contributed by atoms with Crippen LogP contribution in [0.3, 0.4) is 0 Å². The van der Waals surface area contributed by atoms with E-state index in [9.17, 15) is 4.79 Å². The predicted octanol–water partition coefficient (Wildman–Crippen LogP) is 2.66. The molecule has 0 aromatic carbocycles. The number of aromatic nitrogens is 4. The van der Waals surface area contributed by atoms with Crippen LogP contribution in [0.1, 0.15) is 36.2 Å². The molecule has 0 unspecified atom stereocenters. The molecule has 1 fully saturated rings. The fourth-order valence-electron chi connectivity index (χ4n) is 3.27. The molecule has 1 aliphatic carbocycles. The monoisotopic (exact) mass is 395 g/mol. The molecule has 0 bridgehead atoms. The van der Waals surface area contributed by atoms with Gasteiger partial charge in [0.1, 0.15) is 6.10 Å². The Bertz CT molecular complexity index is 954. The highest BCUT2D eigenvalue weighted by Gasteiger charge is 2.25. The van der Waals surface area contributed by atoms with E-state index in [2.05, 4.69) is 25.4 Å². The third-order valence-corrected chi connectivity index (χ3v) is 4.79. The average Bonchev–Trinajstić information content (AvgIpc) is 3.26. The summed E-state index contributed by atoms with van der Waals surface area (Å²) in [6.07, 6.45) is 9.71. The minimum atomic E-state index is -0.244. The van der Waals surface area contributed by atoms with Gasteiger partial charge in [-0.1, -0.05) is 5.16 Å². The standard InChI is InChI=1S/C20H21N5O4/c1-27-18-11-22-12-19(24-18)28-15-6-4-14(5-7-15)23-20(26)16-9-17(29-25-16)13-3-2-8-21-10-13/h2-3,8-12,14-15H,4-7H2,1H3,(H,23,26). The van der Waals surface area contributed by atoms with Gasteiger partial charge in [-0.25, -0.2) is 0 Å². The molecular formula is C20H21N5O4. The first-order chi connectivity index (χ1) is 14.2. The molecule has 1 aliphatic rings. The Kier molecular flexibility index (Phi) is 5.64. The zero-order valence-electron chi connectivity index (χ0n) is 15.9. The van der Waals surface area contributed by atoms with Crippen molar-refractivity contribution in [1.29, 1.82) is 0 Å². The van der Waals surface area contributed by atoms with Crippen molar-refractivity contribution in [3.63, 3.8) is 0 Å². The highest BCUT2D eigenvalue weighted by molar-refractivity contribution is 5.93. The van der Waals surface area contributed by atoms with Crippen LogP contribution in [0.15, 0.2) is 47.5 Å². The van der Waals surface area contributed by atoms with Gasteiger partial charge >= 0.3 is 0 Å². The molecule has 9 nitrogen and oxygen atoms in total. The number of carbonyl (C=O) groups excluding carboxylic acids is 1. The molecule has 0 atom stereocenters. The number of ether oxygens (including phenoxy) is 2. The van der Waals surface area contributed by atoms with E-state index in [4.69, 9.17) is 14.0 Å². The maximum absolute atomic E-state index is 12.5. The van der Waals surface area contributed by atoms with Crippen molar-refractivity contribution in [2.75, 3.05) is 7.11 Å². The van der Waals surface area contributed by atoms with Gasteiger partial charge < -0.3 is 19.3 Å². The van der Waals surface area contributed by atoms with Crippen LogP contribution in [0.2, 0.25) is 0 Å². The van der Waals surface area contributed by atoms with E-state index in [1.807, 2.05) is 6.07 Å². The topological polar surface area (TPSA) is 112 Å². The lowest BCUT2D eigenvalue weighted by Crippen LogP contribution is -2.39. The zero-order chi connectivity index (χ0) is 20.1. The summed E-state index contributed by atoms with van der Waals surface area (Å²) in [7, 11) is 1.54. The Labute approximate surface area is 167 Å². The molecule has 9 heteroatoms. The first-order valence-corrected chi connectivity index (χ1v) is 9.42. The van der Waals surface area contributed by atoms with Gasteiger partial charge in [0.25, 0.3) is 5.91 Å². The van der Waals surface area contributed by atoms with Crippen molar-refractivity contribution in [2.24, 2.45) is 0 Å². The van der Waals surface area contributed by atoms with Crippen molar-refractivity contribution in [3.05, 3.63) is 48.7 Å². The molecular weight excluding hydrogens is 374 g/mol. The quantitative estimate of drug-likeness (QED) is 0.678. The second-order valence-corrected chi connectivity index (χ2v) is 6.78. The molecule has 1 N–H and O–H groups in total. The van der Waals surface area contributed by atoms with Gasteiger partial charge in [-0.2, -0.15) is 4.98 Å². The maximum Gasteiger partial charge on any atom is 0.273 e. The van der Waals surface area contributed by atoms with Crippen molar-refractivity contribution in [2.45, 2.75) is 37.8 Å². The van der Waals surface area contributed by atoms with E-state index >= 15 is 0 Å². The number of nitrogens with one attached hydrogen (secondary N) is 1. The minimum Gasteiger partial charge on any atom is -0.480 e. The summed E-state index contributed by atoms with van der Waals surface area (Å²) in [5.41, 5.74) is 1.03. The van der Waals surface area contributed by atoms with E-state index in [-0.39, 0.29) is 23.7 Å². The Balaban J connectivity index is 1.28. The summed E-state index contributed by atoms with van der Waals surface area (Å²) < 4.78 is 16.2. The molecule has 150 valence electrons. The molecule has 0 radical (unpaired) electrons. The van der Waals surface area contributed by atoms with Crippen LogP contribution < -0.4 is 14.8 Å². The van der Waals surface area contributed by atoms with Gasteiger partial charge in [0.15, 0.2) is 11.5 Å². The smallest absolute Gasteiger partial charge is 0.273 e. The fraction of sp³-hybridized carbons (Fsp3) is 0.350. The summed E-state index contributed by atoms with van der Waals surface area (Å²) in [6, 6.07) is 5.35. The van der Waals surface area contributed by atoms with Crippen LogP contribution in [0.5, 0.6) is 11.8 Å². The van der Waals surface area contributed by atoms with Crippen LogP contribution in [-0.4, -0.2) is 45.3 Å². The molecule has 3 heterocycles. The van der Waals surface area contributed by atoms with Crippen LogP contribution in [0.25, 0.3) is 11.3 Å². The molecule has 29 heavy (non-hydrogen) atoms. The number of pyridine rings is 1. The summed E-state index contributed by atoms with van der Waals surface area (Å²) in [6.45, 7) is 0. The molecule has 0 saturated heterocycles. The van der Waals surface area contributed by atoms with E-state index in [1.54, 1.807) is 30.7 Å². The minimum absolute atomic E-state index is 0.0359. The second kappa shape index (κ2) is 8.68. The third kappa shape index (κ3) is 4.68. The summed E-state index contributed by atoms with van der Waals surface area (Å²) in [5.74, 6) is 1.13. The Hall–Kier alpha value is -3.49. The van der Waals surface area contributed by atoms with Gasteiger partial charge in [-0.3, -0.25) is 14.8 Å². The van der Waals surface area contributed by atoms with E-state index < -0.39 is 0 Å². The number of carbonyl (C=O) groups is 1. The molecule has 3 aromatic rings. The van der Waals surface area contributed by atoms with Crippen LogP contribution in [0.4, 0.5) is 0 Å². The van der Waals surface area contributed by atoms with E-state index in [0.717, 1.165) is 31.2 Å². The summed E-state index contributed by atoms with van der Waals surface area (Å²) in [5, 5.41) is 6.90. The Morgan fingerprint density at radius 1 is 1.14 bits per heavy atom. The van der Waals surface area contributed by atoms with Crippen molar-refractivity contribution >= 4 is 5.91 Å². The third-order valence-electron chi connectivity index (χ3n) is 4.79. The van der Waals surface area contributed by atoms with Crippen molar-refractivity contribution in [1.82, 2.24) is 25.4 Å². The molecule has 4 rings (SSSR count). The van der Waals surface area contributed by atoms with E-state index in [1.165, 1.54) is 13.3 Å². The first kappa shape index (κ1) is 18.9. The Morgan fingerprint density at radius 3 is 2.72 bits per heavy atom. The maximum atomic E-state index is 12.5. The molecule has 3 aromatic heterocycles. The lowest BCUT2D eigenvalue weighted by molar-refractivity contribution is 0.0880. The number of amides is 1. The highest BCUT2D eigenvalue weighted by atomic mass is 16.5. The van der Waals surface area contributed by atoms with Crippen LogP contribution in [0, 0.1) is 0 Å². The average molecular weight is 395 g/mol. The summed E-state index contributed by atoms with van der Waals surface area (Å²) >= 11 is 0. The largest absolute Gasteiger partial charge is 0.480 e. The van der Waals surface area contributed by atoms with Gasteiger partial charge in [0.2, 0.25) is 11.8 Å². The highest BCUT2D eigenvalue weighted by Crippen LogP contribution is 2.24. The zero-order valence-corrected chi connectivity index (χ0v) is 15.9. The van der Waals surface area contributed by atoms with Crippen LogP contribution in [-0.2, 0) is 0 Å². The SMILES string of the molecule is COc1cncc(OC2CCC(NC(=O)c3cc(-c4cccnc4)on3)CC2)n1. The van der Waals surface area contributed by atoms with Gasteiger partial charge in [0.05, 0.1) is 19.5 Å². The number of nitrogens with zero attached hydrogens (tertiary/aromatic N) is 4. The predicted molar refractivity (Wildman–Crippen MR) is 102 cm³/mol. The number of hydrogen-bond donors (Lipinski definition) is 1. The second-order valence-electron chi connectivity index (χ2n) is 6.78. The normalized spacial score (nSPS) is 18.8. The van der Waals surface area contributed by atoms with Gasteiger partial charge in [-0.05, 0) is 37.8 Å². The molecule has 0 spiro atoms. The lowest BCUT2D eigenvalue weighted by atomic mass is 9.93. The lowest BCUT2D eigenvalue weighted by Gasteiger charge is -2.28. The van der Waals surface area contributed by atoms with Crippen molar-refractivity contribution in [3.8, 4) is 23.1 Å². The van der Waals surface area contributed by atoms with Gasteiger partial charge in [-0.15, -0.1) is 0 Å². The molecule has 1 saturated carbocycles. The Morgan fingerprint density at radius 2 is 1.97 bits per heavy atom.